The maximum absolute atomic E-state index is 5.90. The second-order valence-electron chi connectivity index (χ2n) is 6.56. The van der Waals surface area contributed by atoms with Gasteiger partial charge in [0, 0.05) is 26.6 Å². The third kappa shape index (κ3) is 3.29. The van der Waals surface area contributed by atoms with Gasteiger partial charge in [-0.1, -0.05) is 19.1 Å². The van der Waals surface area contributed by atoms with Crippen molar-refractivity contribution in [3.05, 3.63) is 41.7 Å². The summed E-state index contributed by atoms with van der Waals surface area (Å²) in [5.41, 5.74) is 2.21. The van der Waals surface area contributed by atoms with Crippen molar-refractivity contribution >= 4 is 11.0 Å². The molecule has 2 aromatic heterocycles. The standard InChI is InChI=1S/C18H24N6O/c1-3-6-16-20-18(22-21-16)15-11-24(9-10-25-15)12-17-19-13-7-4-5-8-14(13)23(17)2/h4-5,7-8,15H,3,6,9-12H2,1-2H3,(H,20,21,22)/t15-/m1/s1. The highest BCUT2D eigenvalue weighted by molar-refractivity contribution is 5.75. The van der Waals surface area contributed by atoms with E-state index in [0.717, 1.165) is 55.5 Å². The lowest BCUT2D eigenvalue weighted by atomic mass is 10.2. The number of benzene rings is 1. The van der Waals surface area contributed by atoms with E-state index in [-0.39, 0.29) is 6.10 Å². The first-order valence-electron chi connectivity index (χ1n) is 8.90. The van der Waals surface area contributed by atoms with Crippen LogP contribution >= 0.6 is 0 Å². The summed E-state index contributed by atoms with van der Waals surface area (Å²) in [6.07, 6.45) is 1.90. The largest absolute Gasteiger partial charge is 0.367 e. The maximum Gasteiger partial charge on any atom is 0.180 e. The summed E-state index contributed by atoms with van der Waals surface area (Å²) in [6, 6.07) is 8.25. The number of aryl methyl sites for hydroxylation is 2. The summed E-state index contributed by atoms with van der Waals surface area (Å²) >= 11 is 0. The molecular weight excluding hydrogens is 316 g/mol. The molecule has 7 nitrogen and oxygen atoms in total. The Morgan fingerprint density at radius 1 is 1.28 bits per heavy atom. The molecule has 4 rings (SSSR count). The summed E-state index contributed by atoms with van der Waals surface area (Å²) in [4.78, 5) is 11.7. The van der Waals surface area contributed by atoms with Crippen molar-refractivity contribution in [3.8, 4) is 0 Å². The molecule has 0 saturated carbocycles. The number of hydrogen-bond donors (Lipinski definition) is 1. The lowest BCUT2D eigenvalue weighted by Gasteiger charge is -2.31. The van der Waals surface area contributed by atoms with Crippen LogP contribution in [0.15, 0.2) is 24.3 Å². The predicted molar refractivity (Wildman–Crippen MR) is 95.1 cm³/mol. The Bertz CT molecular complexity index is 854. The Morgan fingerprint density at radius 2 is 2.16 bits per heavy atom. The van der Waals surface area contributed by atoms with Gasteiger partial charge in [0.2, 0.25) is 0 Å². The van der Waals surface area contributed by atoms with E-state index in [1.165, 1.54) is 5.52 Å². The van der Waals surface area contributed by atoms with Gasteiger partial charge in [-0.15, -0.1) is 0 Å². The van der Waals surface area contributed by atoms with E-state index in [2.05, 4.69) is 56.8 Å². The van der Waals surface area contributed by atoms with Gasteiger partial charge < -0.3 is 9.30 Å². The molecule has 0 amide bonds. The number of para-hydroxylation sites is 2. The monoisotopic (exact) mass is 340 g/mol. The lowest BCUT2D eigenvalue weighted by Crippen LogP contribution is -2.38. The van der Waals surface area contributed by atoms with E-state index >= 15 is 0 Å². The first-order chi connectivity index (χ1) is 12.2. The normalized spacial score (nSPS) is 18.9. The van der Waals surface area contributed by atoms with Crippen LogP contribution in [0.25, 0.3) is 11.0 Å². The number of nitrogens with zero attached hydrogens (tertiary/aromatic N) is 5. The van der Waals surface area contributed by atoms with E-state index < -0.39 is 0 Å². The van der Waals surface area contributed by atoms with Crippen molar-refractivity contribution in [1.29, 1.82) is 0 Å². The van der Waals surface area contributed by atoms with Crippen molar-refractivity contribution in [3.63, 3.8) is 0 Å². The quantitative estimate of drug-likeness (QED) is 0.771. The van der Waals surface area contributed by atoms with Gasteiger partial charge in [0.1, 0.15) is 17.8 Å². The predicted octanol–water partition coefficient (Wildman–Crippen LogP) is 2.22. The second kappa shape index (κ2) is 6.93. The minimum absolute atomic E-state index is 0.0784. The van der Waals surface area contributed by atoms with Crippen LogP contribution in [0.4, 0.5) is 0 Å². The highest BCUT2D eigenvalue weighted by atomic mass is 16.5. The highest BCUT2D eigenvalue weighted by Crippen LogP contribution is 2.22. The summed E-state index contributed by atoms with van der Waals surface area (Å²) in [6.45, 7) is 5.31. The third-order valence-corrected chi connectivity index (χ3v) is 4.72. The van der Waals surface area contributed by atoms with Crippen LogP contribution in [0.5, 0.6) is 0 Å². The Morgan fingerprint density at radius 3 is 3.00 bits per heavy atom. The number of hydrogen-bond acceptors (Lipinski definition) is 5. The number of aromatic nitrogens is 5. The molecule has 0 radical (unpaired) electrons. The summed E-state index contributed by atoms with van der Waals surface area (Å²) in [5, 5.41) is 7.36. The number of aromatic amines is 1. The van der Waals surface area contributed by atoms with E-state index in [9.17, 15) is 0 Å². The molecule has 0 unspecified atom stereocenters. The Kier molecular flexibility index (Phi) is 4.50. The molecule has 3 aromatic rings. The van der Waals surface area contributed by atoms with Crippen LogP contribution in [-0.4, -0.2) is 49.3 Å². The highest BCUT2D eigenvalue weighted by Gasteiger charge is 2.26. The Labute approximate surface area is 147 Å². The molecule has 7 heteroatoms. The van der Waals surface area contributed by atoms with Gasteiger partial charge in [-0.3, -0.25) is 10.00 Å². The average molecular weight is 340 g/mol. The number of rotatable bonds is 5. The fourth-order valence-corrected chi connectivity index (χ4v) is 3.34. The number of nitrogens with one attached hydrogen (secondary N) is 1. The lowest BCUT2D eigenvalue weighted by molar-refractivity contribution is -0.0379. The molecule has 1 aromatic carbocycles. The molecule has 25 heavy (non-hydrogen) atoms. The molecule has 3 heterocycles. The van der Waals surface area contributed by atoms with Crippen molar-refractivity contribution in [2.24, 2.45) is 7.05 Å². The topological polar surface area (TPSA) is 71.9 Å². The molecular formula is C18H24N6O. The molecule has 1 saturated heterocycles. The number of imidazole rings is 1. The van der Waals surface area contributed by atoms with Gasteiger partial charge in [0.15, 0.2) is 5.82 Å². The van der Waals surface area contributed by atoms with Crippen molar-refractivity contribution in [1.82, 2.24) is 29.6 Å². The number of fused-ring (bicyclic) bond motifs is 1. The third-order valence-electron chi connectivity index (χ3n) is 4.72. The molecule has 1 N–H and O–H groups in total. The first-order valence-corrected chi connectivity index (χ1v) is 8.90. The van der Waals surface area contributed by atoms with Gasteiger partial charge in [0.05, 0.1) is 24.2 Å². The fourth-order valence-electron chi connectivity index (χ4n) is 3.34. The van der Waals surface area contributed by atoms with Crippen LogP contribution < -0.4 is 0 Å². The molecule has 1 aliphatic heterocycles. The van der Waals surface area contributed by atoms with Crippen LogP contribution in [0.3, 0.4) is 0 Å². The smallest absolute Gasteiger partial charge is 0.180 e. The minimum atomic E-state index is -0.0784. The zero-order chi connectivity index (χ0) is 17.2. The summed E-state index contributed by atoms with van der Waals surface area (Å²) in [5.74, 6) is 2.77. The van der Waals surface area contributed by atoms with Gasteiger partial charge in [-0.2, -0.15) is 5.10 Å². The molecule has 1 fully saturated rings. The maximum atomic E-state index is 5.90. The van der Waals surface area contributed by atoms with E-state index in [1.807, 2.05) is 6.07 Å². The van der Waals surface area contributed by atoms with Gasteiger partial charge in [-0.05, 0) is 18.6 Å². The van der Waals surface area contributed by atoms with E-state index in [4.69, 9.17) is 9.72 Å². The van der Waals surface area contributed by atoms with Crippen LogP contribution in [0, 0.1) is 0 Å². The van der Waals surface area contributed by atoms with E-state index in [1.54, 1.807) is 0 Å². The number of H-pyrrole nitrogens is 1. The van der Waals surface area contributed by atoms with Gasteiger partial charge in [-0.25, -0.2) is 9.97 Å². The van der Waals surface area contributed by atoms with E-state index in [0.29, 0.717) is 6.61 Å². The molecule has 0 bridgehead atoms. The molecule has 132 valence electrons. The van der Waals surface area contributed by atoms with Crippen LogP contribution in [0.2, 0.25) is 0 Å². The van der Waals surface area contributed by atoms with Crippen LogP contribution in [-0.2, 0) is 24.8 Å². The number of ether oxygens (including phenoxy) is 1. The minimum Gasteiger partial charge on any atom is -0.367 e. The van der Waals surface area contributed by atoms with Gasteiger partial charge >= 0.3 is 0 Å². The number of morpholine rings is 1. The zero-order valence-electron chi connectivity index (χ0n) is 14.8. The van der Waals surface area contributed by atoms with Crippen molar-refractivity contribution < 1.29 is 4.74 Å². The molecule has 1 aliphatic rings. The first kappa shape index (κ1) is 16.2. The van der Waals surface area contributed by atoms with Crippen molar-refractivity contribution in [2.45, 2.75) is 32.4 Å². The molecule has 0 spiro atoms. The van der Waals surface area contributed by atoms with Crippen LogP contribution in [0.1, 0.15) is 36.9 Å². The Balaban J connectivity index is 1.48. The molecule has 0 aliphatic carbocycles. The molecule has 1 atom stereocenters. The summed E-state index contributed by atoms with van der Waals surface area (Å²) < 4.78 is 8.07. The Hall–Kier alpha value is -2.25. The zero-order valence-corrected chi connectivity index (χ0v) is 14.8. The second-order valence-corrected chi connectivity index (χ2v) is 6.56. The van der Waals surface area contributed by atoms with Gasteiger partial charge in [0.25, 0.3) is 0 Å². The SMILES string of the molecule is CCCc1nc([C@H]2CN(Cc3nc4ccccc4n3C)CCO2)n[nH]1. The fraction of sp³-hybridized carbons (Fsp3) is 0.500. The van der Waals surface area contributed by atoms with Crippen molar-refractivity contribution in [2.75, 3.05) is 19.7 Å². The average Bonchev–Trinajstić information content (AvgIpc) is 3.22. The summed E-state index contributed by atoms with van der Waals surface area (Å²) in [7, 11) is 2.08.